The molecule has 1 aromatic rings. The van der Waals surface area contributed by atoms with E-state index in [1.165, 1.54) is 6.07 Å². The van der Waals surface area contributed by atoms with Gasteiger partial charge in [0, 0.05) is 39.1 Å². The Morgan fingerprint density at radius 3 is 2.48 bits per heavy atom. The van der Waals surface area contributed by atoms with Crippen LogP contribution >= 0.6 is 0 Å². The van der Waals surface area contributed by atoms with Crippen LogP contribution in [0.3, 0.4) is 0 Å². The van der Waals surface area contributed by atoms with Crippen molar-refractivity contribution in [1.82, 2.24) is 9.80 Å². The second-order valence-corrected chi connectivity index (χ2v) is 7.00. The topological polar surface area (TPSA) is 53.0 Å². The van der Waals surface area contributed by atoms with Crippen molar-refractivity contribution in [3.8, 4) is 5.75 Å². The highest BCUT2D eigenvalue weighted by Crippen LogP contribution is 2.25. The first-order chi connectivity index (χ1) is 12.0. The largest absolute Gasteiger partial charge is 0.485 e. The van der Waals surface area contributed by atoms with Gasteiger partial charge in [-0.3, -0.25) is 4.79 Å². The molecule has 0 saturated carbocycles. The number of carbonyl (C=O) groups is 1. The lowest BCUT2D eigenvalue weighted by molar-refractivity contribution is -0.130. The number of hydrogen-bond acceptors (Lipinski definition) is 4. The molecule has 1 N–H and O–H groups in total. The normalized spacial score (nSPS) is 26.3. The predicted molar refractivity (Wildman–Crippen MR) is 92.9 cm³/mol. The number of aliphatic hydroxyl groups is 1. The highest BCUT2D eigenvalue weighted by molar-refractivity contribution is 5.73. The number of benzene rings is 1. The van der Waals surface area contributed by atoms with Crippen molar-refractivity contribution in [3.05, 3.63) is 30.1 Å². The van der Waals surface area contributed by atoms with Crippen LogP contribution in [0.5, 0.6) is 5.75 Å². The minimum atomic E-state index is -0.595. The number of piperidine rings is 1. The first-order valence-corrected chi connectivity index (χ1v) is 9.13. The molecule has 3 rings (SSSR count). The van der Waals surface area contributed by atoms with E-state index in [1.807, 2.05) is 4.90 Å². The summed E-state index contributed by atoms with van der Waals surface area (Å²) in [6.45, 7) is 4.85. The average molecular weight is 350 g/mol. The monoisotopic (exact) mass is 350 g/mol. The molecule has 2 saturated heterocycles. The third kappa shape index (κ3) is 4.50. The van der Waals surface area contributed by atoms with Gasteiger partial charge in [-0.15, -0.1) is 0 Å². The maximum atomic E-state index is 13.8. The van der Waals surface area contributed by atoms with Crippen molar-refractivity contribution in [1.29, 1.82) is 0 Å². The predicted octanol–water partition coefficient (Wildman–Crippen LogP) is 2.04. The van der Waals surface area contributed by atoms with Crippen molar-refractivity contribution in [2.75, 3.05) is 26.2 Å². The summed E-state index contributed by atoms with van der Waals surface area (Å²) in [6, 6.07) is 6.77. The minimum Gasteiger partial charge on any atom is -0.485 e. The van der Waals surface area contributed by atoms with Crippen molar-refractivity contribution in [2.45, 2.75) is 50.9 Å². The van der Waals surface area contributed by atoms with Crippen LogP contribution in [0.25, 0.3) is 0 Å². The van der Waals surface area contributed by atoms with E-state index in [0.717, 1.165) is 39.0 Å². The summed E-state index contributed by atoms with van der Waals surface area (Å²) in [6.07, 6.45) is 2.23. The molecule has 6 heteroatoms. The van der Waals surface area contributed by atoms with Gasteiger partial charge in [0.1, 0.15) is 6.10 Å². The number of ether oxygens (including phenoxy) is 1. The van der Waals surface area contributed by atoms with Gasteiger partial charge in [-0.25, -0.2) is 4.39 Å². The standard InChI is InChI=1S/C19H27FN2O3/c1-14(23)21-10-6-15(7-11-21)22-12-8-17(24)19(9-13-22)25-18-5-3-2-4-16(18)20/h2-5,15,17,19,24H,6-13H2,1H3/t17-,19-/m0/s1. The van der Waals surface area contributed by atoms with Gasteiger partial charge in [0.05, 0.1) is 6.10 Å². The van der Waals surface area contributed by atoms with Crippen LogP contribution in [0.15, 0.2) is 24.3 Å². The van der Waals surface area contributed by atoms with E-state index < -0.39 is 11.9 Å². The summed E-state index contributed by atoms with van der Waals surface area (Å²) in [5, 5.41) is 10.4. The molecule has 2 heterocycles. The van der Waals surface area contributed by atoms with Crippen LogP contribution in [0.4, 0.5) is 4.39 Å². The van der Waals surface area contributed by atoms with Crippen LogP contribution in [0, 0.1) is 5.82 Å². The van der Waals surface area contributed by atoms with E-state index in [-0.39, 0.29) is 17.8 Å². The molecule has 0 aromatic heterocycles. The van der Waals surface area contributed by atoms with Crippen LogP contribution in [-0.4, -0.2) is 65.2 Å². The van der Waals surface area contributed by atoms with Crippen molar-refractivity contribution in [2.24, 2.45) is 0 Å². The zero-order chi connectivity index (χ0) is 17.8. The molecule has 0 radical (unpaired) electrons. The molecule has 2 fully saturated rings. The maximum Gasteiger partial charge on any atom is 0.219 e. The summed E-state index contributed by atoms with van der Waals surface area (Å²) in [5.74, 6) is -0.0507. The van der Waals surface area contributed by atoms with E-state index >= 15 is 0 Å². The Labute approximate surface area is 148 Å². The van der Waals surface area contributed by atoms with E-state index in [4.69, 9.17) is 4.74 Å². The number of rotatable bonds is 3. The number of amides is 1. The summed E-state index contributed by atoms with van der Waals surface area (Å²) >= 11 is 0. The van der Waals surface area contributed by atoms with Crippen molar-refractivity contribution in [3.63, 3.8) is 0 Å². The first kappa shape index (κ1) is 18.1. The van der Waals surface area contributed by atoms with Crippen LogP contribution < -0.4 is 4.74 Å². The highest BCUT2D eigenvalue weighted by atomic mass is 19.1. The Morgan fingerprint density at radius 2 is 1.80 bits per heavy atom. The molecule has 138 valence electrons. The molecule has 0 unspecified atom stereocenters. The second kappa shape index (κ2) is 8.15. The fourth-order valence-corrected chi connectivity index (χ4v) is 3.83. The number of hydrogen-bond donors (Lipinski definition) is 1. The zero-order valence-electron chi connectivity index (χ0n) is 14.7. The molecule has 25 heavy (non-hydrogen) atoms. The van der Waals surface area contributed by atoms with Gasteiger partial charge in [0.25, 0.3) is 0 Å². The molecular formula is C19H27FN2O3. The van der Waals surface area contributed by atoms with Gasteiger partial charge in [-0.1, -0.05) is 12.1 Å². The zero-order valence-corrected chi connectivity index (χ0v) is 14.7. The van der Waals surface area contributed by atoms with Gasteiger partial charge in [0.15, 0.2) is 11.6 Å². The molecule has 2 aliphatic heterocycles. The lowest BCUT2D eigenvalue weighted by atomic mass is 10.0. The Morgan fingerprint density at radius 1 is 1.12 bits per heavy atom. The number of nitrogens with zero attached hydrogens (tertiary/aromatic N) is 2. The molecule has 0 bridgehead atoms. The number of likely N-dealkylation sites (tertiary alicyclic amines) is 2. The molecule has 2 atom stereocenters. The summed E-state index contributed by atoms with van der Waals surface area (Å²) in [7, 11) is 0. The number of halogens is 1. The second-order valence-electron chi connectivity index (χ2n) is 7.00. The lowest BCUT2D eigenvalue weighted by Gasteiger charge is -2.37. The van der Waals surface area contributed by atoms with Gasteiger partial charge >= 0.3 is 0 Å². The summed E-state index contributed by atoms with van der Waals surface area (Å²) < 4.78 is 19.6. The molecule has 2 aliphatic rings. The first-order valence-electron chi connectivity index (χ1n) is 9.13. The molecule has 0 spiro atoms. The summed E-state index contributed by atoms with van der Waals surface area (Å²) in [5.41, 5.74) is 0. The maximum absolute atomic E-state index is 13.8. The van der Waals surface area contributed by atoms with Crippen LogP contribution in [0.1, 0.15) is 32.6 Å². The Bertz CT molecular complexity index is 590. The van der Waals surface area contributed by atoms with E-state index in [9.17, 15) is 14.3 Å². The van der Waals surface area contributed by atoms with Crippen molar-refractivity contribution < 1.29 is 19.0 Å². The lowest BCUT2D eigenvalue weighted by Crippen LogP contribution is -2.46. The number of carbonyl (C=O) groups excluding carboxylic acids is 1. The SMILES string of the molecule is CC(=O)N1CCC(N2CC[C@H](Oc3ccccc3F)[C@@H](O)CC2)CC1. The fraction of sp³-hybridized carbons (Fsp3) is 0.632. The number of para-hydroxylation sites is 1. The van der Waals surface area contributed by atoms with Gasteiger partial charge in [0.2, 0.25) is 5.91 Å². The quantitative estimate of drug-likeness (QED) is 0.906. The number of aliphatic hydroxyl groups excluding tert-OH is 1. The third-order valence-corrected chi connectivity index (χ3v) is 5.38. The van der Waals surface area contributed by atoms with Crippen LogP contribution in [-0.2, 0) is 4.79 Å². The van der Waals surface area contributed by atoms with E-state index in [2.05, 4.69) is 4.90 Å². The van der Waals surface area contributed by atoms with Gasteiger partial charge in [-0.2, -0.15) is 0 Å². The Kier molecular flexibility index (Phi) is 5.91. The van der Waals surface area contributed by atoms with Crippen LogP contribution in [0.2, 0.25) is 0 Å². The fourth-order valence-electron chi connectivity index (χ4n) is 3.83. The van der Waals surface area contributed by atoms with Gasteiger partial charge in [-0.05, 0) is 37.8 Å². The van der Waals surface area contributed by atoms with E-state index in [0.29, 0.717) is 18.9 Å². The minimum absolute atomic E-state index is 0.142. The molecule has 1 aromatic carbocycles. The molecule has 0 aliphatic carbocycles. The molecular weight excluding hydrogens is 323 g/mol. The third-order valence-electron chi connectivity index (χ3n) is 5.38. The Balaban J connectivity index is 1.56. The summed E-state index contributed by atoms with van der Waals surface area (Å²) in [4.78, 5) is 15.7. The smallest absolute Gasteiger partial charge is 0.219 e. The van der Waals surface area contributed by atoms with Gasteiger partial charge < -0.3 is 19.6 Å². The average Bonchev–Trinajstić information content (AvgIpc) is 2.79. The van der Waals surface area contributed by atoms with Crippen molar-refractivity contribution >= 4 is 5.91 Å². The molecule has 5 nitrogen and oxygen atoms in total. The Hall–Kier alpha value is -1.66. The highest BCUT2D eigenvalue weighted by Gasteiger charge is 2.31. The van der Waals surface area contributed by atoms with E-state index in [1.54, 1.807) is 25.1 Å². The molecule has 1 amide bonds.